The molecule has 94 valence electrons. The van der Waals surface area contributed by atoms with Crippen LogP contribution in [0.1, 0.15) is 31.2 Å². The monoisotopic (exact) mass is 236 g/mol. The fourth-order valence-corrected chi connectivity index (χ4v) is 1.75. The van der Waals surface area contributed by atoms with E-state index in [0.29, 0.717) is 5.82 Å². The van der Waals surface area contributed by atoms with Crippen molar-refractivity contribution in [3.05, 3.63) is 11.4 Å². The molecule has 5 nitrogen and oxygen atoms in total. The van der Waals surface area contributed by atoms with Gasteiger partial charge in [-0.3, -0.25) is 0 Å². The van der Waals surface area contributed by atoms with E-state index in [1.807, 2.05) is 13.8 Å². The molecule has 5 heteroatoms. The maximum Gasteiger partial charge on any atom is 0.134 e. The van der Waals surface area contributed by atoms with E-state index < -0.39 is 0 Å². The van der Waals surface area contributed by atoms with Crippen molar-refractivity contribution in [1.29, 1.82) is 0 Å². The number of nitrogens with zero attached hydrogens (tertiary/aromatic N) is 2. The Kier molecular flexibility index (Phi) is 3.19. The van der Waals surface area contributed by atoms with Crippen LogP contribution in [0.3, 0.4) is 0 Å². The summed E-state index contributed by atoms with van der Waals surface area (Å²) in [5.41, 5.74) is 6.80. The molecule has 0 aromatic carbocycles. The highest BCUT2D eigenvalue weighted by Crippen LogP contribution is 2.45. The number of nitrogen functional groups attached to an aromatic ring is 1. The number of aromatic nitrogens is 2. The summed E-state index contributed by atoms with van der Waals surface area (Å²) in [4.78, 5) is 8.64. The van der Waals surface area contributed by atoms with Crippen molar-refractivity contribution in [2.75, 3.05) is 24.2 Å². The van der Waals surface area contributed by atoms with Crippen LogP contribution in [0.5, 0.6) is 0 Å². The Morgan fingerprint density at radius 1 is 1.41 bits per heavy atom. The maximum atomic E-state index is 9.26. The lowest BCUT2D eigenvalue weighted by Crippen LogP contribution is -2.21. The molecule has 1 aromatic heterocycles. The number of aryl methyl sites for hydroxylation is 1. The minimum Gasteiger partial charge on any atom is -0.396 e. The van der Waals surface area contributed by atoms with Gasteiger partial charge in [-0.2, -0.15) is 0 Å². The molecular weight excluding hydrogens is 216 g/mol. The molecule has 0 amide bonds. The van der Waals surface area contributed by atoms with E-state index in [9.17, 15) is 5.11 Å². The predicted octanol–water partition coefficient (Wildman–Crippen LogP) is 1.11. The van der Waals surface area contributed by atoms with Gasteiger partial charge in [-0.1, -0.05) is 6.92 Å². The Morgan fingerprint density at radius 2 is 2.12 bits per heavy atom. The highest BCUT2D eigenvalue weighted by atomic mass is 16.3. The molecular formula is C12H20N4O. The second-order valence-electron chi connectivity index (χ2n) is 4.86. The molecule has 1 aliphatic carbocycles. The summed E-state index contributed by atoms with van der Waals surface area (Å²) in [6.07, 6.45) is 2.93. The molecule has 1 aliphatic rings. The van der Waals surface area contributed by atoms with Crippen LogP contribution in [-0.2, 0) is 6.42 Å². The summed E-state index contributed by atoms with van der Waals surface area (Å²) in [6, 6.07) is 0. The van der Waals surface area contributed by atoms with Gasteiger partial charge >= 0.3 is 0 Å². The van der Waals surface area contributed by atoms with Crippen molar-refractivity contribution in [3.8, 4) is 0 Å². The average Bonchev–Trinajstić information content (AvgIpc) is 3.11. The summed E-state index contributed by atoms with van der Waals surface area (Å²) in [5.74, 6) is 2.09. The highest BCUT2D eigenvalue weighted by Gasteiger charge is 2.41. The van der Waals surface area contributed by atoms with Crippen LogP contribution in [0.25, 0.3) is 0 Å². The fourth-order valence-electron chi connectivity index (χ4n) is 1.75. The predicted molar refractivity (Wildman–Crippen MR) is 67.8 cm³/mol. The first-order valence-corrected chi connectivity index (χ1v) is 6.08. The number of rotatable bonds is 5. The van der Waals surface area contributed by atoms with Crippen LogP contribution in [-0.4, -0.2) is 28.2 Å². The second kappa shape index (κ2) is 4.49. The van der Waals surface area contributed by atoms with E-state index in [2.05, 4.69) is 15.3 Å². The second-order valence-corrected chi connectivity index (χ2v) is 4.86. The number of hydrogen-bond donors (Lipinski definition) is 3. The van der Waals surface area contributed by atoms with Crippen molar-refractivity contribution in [1.82, 2.24) is 9.97 Å². The molecule has 0 unspecified atom stereocenters. The molecule has 17 heavy (non-hydrogen) atoms. The van der Waals surface area contributed by atoms with Crippen molar-refractivity contribution >= 4 is 11.6 Å². The molecule has 0 atom stereocenters. The smallest absolute Gasteiger partial charge is 0.134 e. The molecule has 4 N–H and O–H groups in total. The van der Waals surface area contributed by atoms with Crippen LogP contribution < -0.4 is 11.1 Å². The summed E-state index contributed by atoms with van der Waals surface area (Å²) in [6.45, 7) is 4.91. The fraction of sp³-hybridized carbons (Fsp3) is 0.667. The molecule has 0 aliphatic heterocycles. The third kappa shape index (κ3) is 2.49. The number of nitrogens with one attached hydrogen (secondary N) is 1. The van der Waals surface area contributed by atoms with E-state index in [1.165, 1.54) is 0 Å². The number of anilines is 2. The molecule has 2 rings (SSSR count). The number of nitrogens with two attached hydrogens (primary N) is 1. The van der Waals surface area contributed by atoms with Gasteiger partial charge in [0.05, 0.1) is 6.61 Å². The van der Waals surface area contributed by atoms with Gasteiger partial charge < -0.3 is 16.2 Å². The number of aliphatic hydroxyl groups excluding tert-OH is 1. The zero-order chi connectivity index (χ0) is 12.5. The molecule has 1 fully saturated rings. The summed E-state index contributed by atoms with van der Waals surface area (Å²) in [7, 11) is 0. The normalized spacial score (nSPS) is 16.9. The van der Waals surface area contributed by atoms with Gasteiger partial charge in [-0.25, -0.2) is 9.97 Å². The maximum absolute atomic E-state index is 9.26. The van der Waals surface area contributed by atoms with E-state index in [1.54, 1.807) is 0 Å². The summed E-state index contributed by atoms with van der Waals surface area (Å²) < 4.78 is 0. The quantitative estimate of drug-likeness (QED) is 0.713. The van der Waals surface area contributed by atoms with Gasteiger partial charge in [0.2, 0.25) is 0 Å². The lowest BCUT2D eigenvalue weighted by molar-refractivity contribution is 0.219. The van der Waals surface area contributed by atoms with Gasteiger partial charge in [-0.15, -0.1) is 0 Å². The number of hydrogen-bond acceptors (Lipinski definition) is 5. The van der Waals surface area contributed by atoms with Gasteiger partial charge in [0.15, 0.2) is 0 Å². The highest BCUT2D eigenvalue weighted by molar-refractivity contribution is 5.55. The third-order valence-corrected chi connectivity index (χ3v) is 3.47. The van der Waals surface area contributed by atoms with Crippen LogP contribution in [0, 0.1) is 12.3 Å². The molecule has 1 aromatic rings. The molecule has 1 heterocycles. The zero-order valence-corrected chi connectivity index (χ0v) is 10.5. The molecule has 1 saturated carbocycles. The Labute approximate surface area is 101 Å². The first-order chi connectivity index (χ1) is 8.10. The van der Waals surface area contributed by atoms with E-state index >= 15 is 0 Å². The summed E-state index contributed by atoms with van der Waals surface area (Å²) >= 11 is 0. The van der Waals surface area contributed by atoms with Crippen LogP contribution in [0.4, 0.5) is 11.6 Å². The summed E-state index contributed by atoms with van der Waals surface area (Å²) in [5, 5.41) is 12.6. The zero-order valence-electron chi connectivity index (χ0n) is 10.5. The minimum absolute atomic E-state index is 0.0680. The van der Waals surface area contributed by atoms with Crippen LogP contribution >= 0.6 is 0 Å². The molecule has 0 radical (unpaired) electrons. The van der Waals surface area contributed by atoms with E-state index in [0.717, 1.165) is 43.0 Å². The van der Waals surface area contributed by atoms with Gasteiger partial charge in [-0.05, 0) is 19.8 Å². The minimum atomic E-state index is 0.0680. The first kappa shape index (κ1) is 12.1. The molecule has 0 bridgehead atoms. The van der Waals surface area contributed by atoms with E-state index in [-0.39, 0.29) is 12.0 Å². The first-order valence-electron chi connectivity index (χ1n) is 6.08. The molecule has 0 spiro atoms. The topological polar surface area (TPSA) is 84.1 Å². The van der Waals surface area contributed by atoms with Crippen molar-refractivity contribution < 1.29 is 5.11 Å². The van der Waals surface area contributed by atoms with Gasteiger partial charge in [0.1, 0.15) is 17.5 Å². The Morgan fingerprint density at radius 3 is 2.65 bits per heavy atom. The van der Waals surface area contributed by atoms with E-state index in [4.69, 9.17) is 5.73 Å². The van der Waals surface area contributed by atoms with Crippen molar-refractivity contribution in [2.24, 2.45) is 5.41 Å². The Balaban J connectivity index is 2.11. The van der Waals surface area contributed by atoms with Gasteiger partial charge in [0.25, 0.3) is 0 Å². The average molecular weight is 236 g/mol. The largest absolute Gasteiger partial charge is 0.396 e. The lowest BCUT2D eigenvalue weighted by Gasteiger charge is -2.16. The molecule has 0 saturated heterocycles. The van der Waals surface area contributed by atoms with Gasteiger partial charge in [0, 0.05) is 23.9 Å². The Bertz CT molecular complexity index is 415. The number of aliphatic hydroxyl groups is 1. The third-order valence-electron chi connectivity index (χ3n) is 3.47. The SMILES string of the molecule is CCc1nc(N)c(C)c(NCC2(CO)CC2)n1. The van der Waals surface area contributed by atoms with Crippen molar-refractivity contribution in [2.45, 2.75) is 33.1 Å². The van der Waals surface area contributed by atoms with Crippen LogP contribution in [0.2, 0.25) is 0 Å². The Hall–Kier alpha value is -1.36. The lowest BCUT2D eigenvalue weighted by atomic mass is 10.1. The standard InChI is InChI=1S/C12H20N4O/c1-3-9-15-10(13)8(2)11(16-9)14-6-12(7-17)4-5-12/h17H,3-7H2,1-2H3,(H3,13,14,15,16). The van der Waals surface area contributed by atoms with Crippen molar-refractivity contribution in [3.63, 3.8) is 0 Å². The van der Waals surface area contributed by atoms with Crippen LogP contribution in [0.15, 0.2) is 0 Å².